The van der Waals surface area contributed by atoms with Gasteiger partial charge in [0.25, 0.3) is 0 Å². The molecule has 0 N–H and O–H groups in total. The Morgan fingerprint density at radius 3 is 2.42 bits per heavy atom. The van der Waals surface area contributed by atoms with Gasteiger partial charge < -0.3 is 4.90 Å². The minimum absolute atomic E-state index is 0.0449. The number of fused-ring (bicyclic) bond motifs is 2. The fourth-order valence-corrected chi connectivity index (χ4v) is 4.78. The van der Waals surface area contributed by atoms with Crippen molar-refractivity contribution in [3.8, 4) is 0 Å². The summed E-state index contributed by atoms with van der Waals surface area (Å²) in [5, 5.41) is 1.16. The van der Waals surface area contributed by atoms with Gasteiger partial charge in [0.2, 0.25) is 5.91 Å². The predicted molar refractivity (Wildman–Crippen MR) is 96.2 cm³/mol. The van der Waals surface area contributed by atoms with E-state index < -0.39 is 0 Å². The van der Waals surface area contributed by atoms with E-state index in [0.717, 1.165) is 24.8 Å². The van der Waals surface area contributed by atoms with Crippen LogP contribution < -0.4 is 0 Å². The smallest absolute Gasteiger partial charge is 0.225 e. The summed E-state index contributed by atoms with van der Waals surface area (Å²) >= 11 is 12.2. The summed E-state index contributed by atoms with van der Waals surface area (Å²) in [4.78, 5) is 27.0. The van der Waals surface area contributed by atoms with Crippen LogP contribution >= 0.6 is 23.2 Å². The lowest BCUT2D eigenvalue weighted by molar-refractivity contribution is -0.143. The maximum absolute atomic E-state index is 13.0. The van der Waals surface area contributed by atoms with Crippen molar-refractivity contribution < 1.29 is 9.59 Å². The minimum Gasteiger partial charge on any atom is -0.339 e. The Bertz CT molecular complexity index is 645. The number of nitrogens with zero attached hydrogens (tertiary/aromatic N) is 1. The van der Waals surface area contributed by atoms with E-state index in [1.165, 1.54) is 0 Å². The third-order valence-electron chi connectivity index (χ3n) is 5.74. The SMILES string of the molecule is CC(c1ccc(Cl)cc1Cl)N(C)C(=O)C1CC2CCCC(C1)C2=O. The topological polar surface area (TPSA) is 37.4 Å². The molecular weight excluding hydrogens is 345 g/mol. The first-order valence-corrected chi connectivity index (χ1v) is 9.39. The van der Waals surface area contributed by atoms with Crippen LogP contribution in [-0.2, 0) is 9.59 Å². The quantitative estimate of drug-likeness (QED) is 0.760. The van der Waals surface area contributed by atoms with Crippen molar-refractivity contribution in [2.45, 2.75) is 45.1 Å². The van der Waals surface area contributed by atoms with Gasteiger partial charge in [-0.05, 0) is 50.3 Å². The summed E-state index contributed by atoms with van der Waals surface area (Å²) in [6, 6.07) is 5.25. The van der Waals surface area contributed by atoms with Gasteiger partial charge in [-0.1, -0.05) is 35.7 Å². The van der Waals surface area contributed by atoms with Gasteiger partial charge >= 0.3 is 0 Å². The van der Waals surface area contributed by atoms with E-state index in [-0.39, 0.29) is 29.7 Å². The van der Waals surface area contributed by atoms with Crippen LogP contribution in [-0.4, -0.2) is 23.6 Å². The standard InChI is InChI=1S/C19H23Cl2NO2/c1-11(16-7-6-15(20)10-17(16)21)22(2)19(24)14-8-12-4-3-5-13(9-14)18(12)23/h6-7,10-14H,3-5,8-9H2,1-2H3. The number of hydrogen-bond acceptors (Lipinski definition) is 2. The second-order valence-corrected chi connectivity index (χ2v) is 8.03. The molecule has 0 aliphatic heterocycles. The minimum atomic E-state index is -0.125. The molecule has 1 aromatic rings. The van der Waals surface area contributed by atoms with Crippen LogP contribution in [0.5, 0.6) is 0 Å². The number of carbonyl (C=O) groups is 2. The summed E-state index contributed by atoms with van der Waals surface area (Å²) < 4.78 is 0. The number of benzene rings is 1. The van der Waals surface area contributed by atoms with Gasteiger partial charge in [0.15, 0.2) is 0 Å². The van der Waals surface area contributed by atoms with Crippen molar-refractivity contribution in [1.82, 2.24) is 4.90 Å². The van der Waals surface area contributed by atoms with Crippen molar-refractivity contribution in [3.05, 3.63) is 33.8 Å². The summed E-state index contributed by atoms with van der Waals surface area (Å²) in [5.41, 5.74) is 0.893. The second-order valence-electron chi connectivity index (χ2n) is 7.19. The second kappa shape index (κ2) is 7.05. The van der Waals surface area contributed by atoms with E-state index in [4.69, 9.17) is 23.2 Å². The first-order valence-electron chi connectivity index (χ1n) is 8.63. The van der Waals surface area contributed by atoms with E-state index in [0.29, 0.717) is 28.7 Å². The van der Waals surface area contributed by atoms with Crippen molar-refractivity contribution in [2.24, 2.45) is 17.8 Å². The van der Waals surface area contributed by atoms with Crippen LogP contribution in [0.15, 0.2) is 18.2 Å². The molecule has 2 saturated carbocycles. The third-order valence-corrected chi connectivity index (χ3v) is 6.30. The fourth-order valence-electron chi connectivity index (χ4n) is 4.21. The molecule has 2 bridgehead atoms. The molecule has 2 fully saturated rings. The molecule has 0 heterocycles. The normalized spacial score (nSPS) is 27.7. The van der Waals surface area contributed by atoms with E-state index >= 15 is 0 Å². The molecule has 0 saturated heterocycles. The number of hydrogen-bond donors (Lipinski definition) is 0. The zero-order chi connectivity index (χ0) is 17.4. The van der Waals surface area contributed by atoms with E-state index in [1.54, 1.807) is 17.0 Å². The van der Waals surface area contributed by atoms with Gasteiger partial charge in [0.1, 0.15) is 5.78 Å². The maximum atomic E-state index is 13.0. The molecule has 3 nitrogen and oxygen atoms in total. The van der Waals surface area contributed by atoms with E-state index in [1.807, 2.05) is 20.0 Å². The maximum Gasteiger partial charge on any atom is 0.225 e. The average Bonchev–Trinajstić information content (AvgIpc) is 2.52. The number of ketones is 1. The Hall–Kier alpha value is -1.06. The Kier molecular flexibility index (Phi) is 5.22. The van der Waals surface area contributed by atoms with Gasteiger partial charge in [-0.3, -0.25) is 9.59 Å². The molecule has 1 aromatic carbocycles. The Morgan fingerprint density at radius 1 is 1.21 bits per heavy atom. The molecule has 0 spiro atoms. The van der Waals surface area contributed by atoms with Crippen LogP contribution in [0, 0.1) is 17.8 Å². The molecule has 1 amide bonds. The molecule has 24 heavy (non-hydrogen) atoms. The zero-order valence-corrected chi connectivity index (χ0v) is 15.6. The monoisotopic (exact) mass is 367 g/mol. The zero-order valence-electron chi connectivity index (χ0n) is 14.1. The molecule has 0 aromatic heterocycles. The predicted octanol–water partition coefficient (Wildman–Crippen LogP) is 4.91. The average molecular weight is 368 g/mol. The van der Waals surface area contributed by atoms with Gasteiger partial charge in [0.05, 0.1) is 6.04 Å². The molecule has 3 atom stereocenters. The highest BCUT2D eigenvalue weighted by Gasteiger charge is 2.42. The lowest BCUT2D eigenvalue weighted by Crippen LogP contribution is -2.43. The number of carbonyl (C=O) groups excluding carboxylic acids is 2. The van der Waals surface area contributed by atoms with Crippen LogP contribution in [0.1, 0.15) is 50.6 Å². The summed E-state index contributed by atoms with van der Waals surface area (Å²) in [5.74, 6) is 0.653. The molecule has 130 valence electrons. The summed E-state index contributed by atoms with van der Waals surface area (Å²) in [6.45, 7) is 1.97. The largest absolute Gasteiger partial charge is 0.339 e. The number of rotatable bonds is 3. The molecule has 2 aliphatic rings. The first-order chi connectivity index (χ1) is 11.4. The van der Waals surface area contributed by atoms with Crippen molar-refractivity contribution >= 4 is 34.9 Å². The van der Waals surface area contributed by atoms with E-state index in [9.17, 15) is 9.59 Å². The highest BCUT2D eigenvalue weighted by Crippen LogP contribution is 2.41. The molecular formula is C19H23Cl2NO2. The first kappa shape index (κ1) is 17.8. The molecule has 3 rings (SSSR count). The van der Waals surface area contributed by atoms with Crippen molar-refractivity contribution in [3.63, 3.8) is 0 Å². The molecule has 3 unspecified atom stereocenters. The summed E-state index contributed by atoms with van der Waals surface area (Å²) in [6.07, 6.45) is 4.43. The van der Waals surface area contributed by atoms with Crippen molar-refractivity contribution in [2.75, 3.05) is 7.05 Å². The van der Waals surface area contributed by atoms with Crippen LogP contribution in [0.2, 0.25) is 10.0 Å². The van der Waals surface area contributed by atoms with Gasteiger partial charge in [-0.25, -0.2) is 0 Å². The van der Waals surface area contributed by atoms with Crippen LogP contribution in [0.25, 0.3) is 0 Å². The molecule has 2 aliphatic carbocycles. The van der Waals surface area contributed by atoms with Crippen LogP contribution in [0.4, 0.5) is 0 Å². The van der Waals surface area contributed by atoms with Crippen LogP contribution in [0.3, 0.4) is 0 Å². The molecule has 5 heteroatoms. The Morgan fingerprint density at radius 2 is 1.83 bits per heavy atom. The Labute approximate surface area is 153 Å². The molecule has 0 radical (unpaired) electrons. The van der Waals surface area contributed by atoms with E-state index in [2.05, 4.69) is 0 Å². The summed E-state index contributed by atoms with van der Waals surface area (Å²) in [7, 11) is 1.82. The van der Waals surface area contributed by atoms with Gasteiger partial charge in [-0.15, -0.1) is 0 Å². The fraction of sp³-hybridized carbons (Fsp3) is 0.579. The van der Waals surface area contributed by atoms with Gasteiger partial charge in [-0.2, -0.15) is 0 Å². The highest BCUT2D eigenvalue weighted by molar-refractivity contribution is 6.35. The van der Waals surface area contributed by atoms with Crippen molar-refractivity contribution in [1.29, 1.82) is 0 Å². The highest BCUT2D eigenvalue weighted by atomic mass is 35.5. The number of halogens is 2. The third kappa shape index (κ3) is 3.34. The Balaban J connectivity index is 1.73. The number of Topliss-reactive ketones (excluding diaryl/α,β-unsaturated/α-hetero) is 1. The number of amides is 1. The van der Waals surface area contributed by atoms with Gasteiger partial charge in [0, 0.05) is 34.8 Å². The lowest BCUT2D eigenvalue weighted by Gasteiger charge is -2.39. The lowest BCUT2D eigenvalue weighted by atomic mass is 9.67.